The molecule has 2 aromatic carbocycles. The number of amides is 1. The van der Waals surface area contributed by atoms with Crippen molar-refractivity contribution >= 4 is 5.91 Å². The molecule has 1 amide bonds. The minimum atomic E-state index is -0.0125. The molecule has 2 aromatic rings. The largest absolute Gasteiger partial charge is 0.497 e. The zero-order valence-electron chi connectivity index (χ0n) is 16.9. The highest BCUT2D eigenvalue weighted by atomic mass is 16.5. The number of hydrogen-bond donors (Lipinski definition) is 0. The van der Waals surface area contributed by atoms with Gasteiger partial charge < -0.3 is 19.1 Å². The second kappa shape index (κ2) is 9.94. The summed E-state index contributed by atoms with van der Waals surface area (Å²) in [7, 11) is 3.15. The normalized spacial score (nSPS) is 14.3. The van der Waals surface area contributed by atoms with E-state index in [9.17, 15) is 4.79 Å². The molecular weight excluding hydrogens is 368 g/mol. The number of nitriles is 1. The Morgan fingerprint density at radius 3 is 2.45 bits per heavy atom. The summed E-state index contributed by atoms with van der Waals surface area (Å²) in [5.74, 6) is 1.62. The molecule has 1 aliphatic heterocycles. The monoisotopic (exact) mass is 394 g/mol. The Labute approximate surface area is 171 Å². The van der Waals surface area contributed by atoms with Gasteiger partial charge in [0.05, 0.1) is 38.0 Å². The molecular formula is C23H26N2O4. The zero-order chi connectivity index (χ0) is 20.6. The number of piperidine rings is 1. The fraction of sp³-hybridized carbons (Fsp3) is 0.391. The van der Waals surface area contributed by atoms with E-state index in [-0.39, 0.29) is 5.91 Å². The van der Waals surface area contributed by atoms with Gasteiger partial charge in [-0.05, 0) is 48.6 Å². The van der Waals surface area contributed by atoms with Crippen molar-refractivity contribution in [2.24, 2.45) is 5.92 Å². The van der Waals surface area contributed by atoms with Crippen molar-refractivity contribution < 1.29 is 19.0 Å². The average Bonchev–Trinajstić information content (AvgIpc) is 2.79. The van der Waals surface area contributed by atoms with Crippen LogP contribution >= 0.6 is 0 Å². The van der Waals surface area contributed by atoms with Crippen LogP contribution in [-0.4, -0.2) is 44.7 Å². The van der Waals surface area contributed by atoms with Gasteiger partial charge in [0.15, 0.2) is 0 Å². The molecule has 0 aromatic heterocycles. The molecule has 29 heavy (non-hydrogen) atoms. The summed E-state index contributed by atoms with van der Waals surface area (Å²) in [4.78, 5) is 14.8. The van der Waals surface area contributed by atoms with Crippen LogP contribution in [0.3, 0.4) is 0 Å². The molecule has 1 saturated heterocycles. The fourth-order valence-corrected chi connectivity index (χ4v) is 3.47. The summed E-state index contributed by atoms with van der Waals surface area (Å²) in [6.07, 6.45) is 1.83. The number of ether oxygens (including phenoxy) is 3. The van der Waals surface area contributed by atoms with E-state index in [1.807, 2.05) is 17.0 Å². The molecule has 0 atom stereocenters. The highest BCUT2D eigenvalue weighted by Gasteiger charge is 2.25. The lowest BCUT2D eigenvalue weighted by molar-refractivity contribution is 0.0477. The smallest absolute Gasteiger partial charge is 0.257 e. The van der Waals surface area contributed by atoms with Gasteiger partial charge in [0, 0.05) is 25.8 Å². The van der Waals surface area contributed by atoms with E-state index in [2.05, 4.69) is 6.07 Å². The summed E-state index contributed by atoms with van der Waals surface area (Å²) in [6, 6.07) is 14.8. The number of hydrogen-bond acceptors (Lipinski definition) is 5. The Bertz CT molecular complexity index is 865. The van der Waals surface area contributed by atoms with Gasteiger partial charge in [-0.2, -0.15) is 5.26 Å². The van der Waals surface area contributed by atoms with Gasteiger partial charge in [-0.3, -0.25) is 4.79 Å². The van der Waals surface area contributed by atoms with Gasteiger partial charge in [-0.1, -0.05) is 12.1 Å². The lowest BCUT2D eigenvalue weighted by Crippen LogP contribution is -2.39. The van der Waals surface area contributed by atoms with Crippen LogP contribution in [-0.2, 0) is 11.3 Å². The van der Waals surface area contributed by atoms with Gasteiger partial charge in [-0.25, -0.2) is 0 Å². The first-order chi connectivity index (χ1) is 14.1. The van der Waals surface area contributed by atoms with Crippen molar-refractivity contribution in [3.8, 4) is 17.6 Å². The Morgan fingerprint density at radius 2 is 1.83 bits per heavy atom. The number of likely N-dealkylation sites (tertiary alicyclic amines) is 1. The van der Waals surface area contributed by atoms with E-state index >= 15 is 0 Å². The Balaban J connectivity index is 1.47. The first kappa shape index (κ1) is 20.7. The van der Waals surface area contributed by atoms with Crippen molar-refractivity contribution in [1.29, 1.82) is 5.26 Å². The third-order valence-corrected chi connectivity index (χ3v) is 5.25. The van der Waals surface area contributed by atoms with Crippen LogP contribution in [0.4, 0.5) is 0 Å². The number of carbonyl (C=O) groups excluding carboxylic acids is 1. The minimum absolute atomic E-state index is 0.0125. The molecule has 6 nitrogen and oxygen atoms in total. The summed E-state index contributed by atoms with van der Waals surface area (Å²) < 4.78 is 16.4. The standard InChI is InChI=1S/C23H26N2O4/c1-27-20-7-8-21(22(13-20)28-2)23(26)25-11-9-19(10-12-25)16-29-15-18-5-3-17(14-24)4-6-18/h3-8,13,19H,9-12,15-16H2,1-2H3. The lowest BCUT2D eigenvalue weighted by atomic mass is 9.97. The summed E-state index contributed by atoms with van der Waals surface area (Å²) in [6.45, 7) is 2.62. The number of methoxy groups -OCH3 is 2. The molecule has 0 saturated carbocycles. The first-order valence-electron chi connectivity index (χ1n) is 9.72. The van der Waals surface area contributed by atoms with Crippen LogP contribution in [0.25, 0.3) is 0 Å². The SMILES string of the molecule is COc1ccc(C(=O)N2CCC(COCc3ccc(C#N)cc3)CC2)c(OC)c1. The molecule has 0 bridgehead atoms. The Morgan fingerprint density at radius 1 is 1.10 bits per heavy atom. The van der Waals surface area contributed by atoms with Gasteiger partial charge in [-0.15, -0.1) is 0 Å². The number of carbonyl (C=O) groups is 1. The maximum absolute atomic E-state index is 12.9. The Kier molecular flexibility index (Phi) is 7.09. The molecule has 1 aliphatic rings. The van der Waals surface area contributed by atoms with Crippen LogP contribution in [0.15, 0.2) is 42.5 Å². The third kappa shape index (κ3) is 5.27. The fourth-order valence-electron chi connectivity index (χ4n) is 3.47. The molecule has 0 aliphatic carbocycles. The van der Waals surface area contributed by atoms with Crippen LogP contribution in [0, 0.1) is 17.2 Å². The molecule has 152 valence electrons. The van der Waals surface area contributed by atoms with Crippen molar-refractivity contribution in [3.63, 3.8) is 0 Å². The minimum Gasteiger partial charge on any atom is -0.497 e. The van der Waals surface area contributed by atoms with Crippen molar-refractivity contribution in [2.45, 2.75) is 19.4 Å². The van der Waals surface area contributed by atoms with Crippen LogP contribution < -0.4 is 9.47 Å². The lowest BCUT2D eigenvalue weighted by Gasteiger charge is -2.32. The van der Waals surface area contributed by atoms with E-state index in [1.165, 1.54) is 0 Å². The Hall–Kier alpha value is -3.04. The highest BCUT2D eigenvalue weighted by Crippen LogP contribution is 2.27. The second-order valence-corrected chi connectivity index (χ2v) is 7.13. The van der Waals surface area contributed by atoms with Crippen molar-refractivity contribution in [2.75, 3.05) is 33.9 Å². The first-order valence-corrected chi connectivity index (χ1v) is 9.72. The maximum Gasteiger partial charge on any atom is 0.257 e. The van der Waals surface area contributed by atoms with Crippen LogP contribution in [0.2, 0.25) is 0 Å². The van der Waals surface area contributed by atoms with Gasteiger partial charge >= 0.3 is 0 Å². The third-order valence-electron chi connectivity index (χ3n) is 5.25. The van der Waals surface area contributed by atoms with E-state index in [1.54, 1.807) is 44.6 Å². The van der Waals surface area contributed by atoms with E-state index in [4.69, 9.17) is 19.5 Å². The molecule has 0 spiro atoms. The predicted molar refractivity (Wildman–Crippen MR) is 109 cm³/mol. The maximum atomic E-state index is 12.9. The molecule has 0 N–H and O–H groups in total. The molecule has 3 rings (SSSR count). The van der Waals surface area contributed by atoms with Crippen LogP contribution in [0.1, 0.15) is 34.3 Å². The summed E-state index contributed by atoms with van der Waals surface area (Å²) in [5, 5.41) is 8.84. The van der Waals surface area contributed by atoms with E-state index in [0.29, 0.717) is 54.8 Å². The number of nitrogens with zero attached hydrogens (tertiary/aromatic N) is 2. The molecule has 1 fully saturated rings. The topological polar surface area (TPSA) is 71.8 Å². The summed E-state index contributed by atoms with van der Waals surface area (Å²) in [5.41, 5.74) is 2.27. The average molecular weight is 394 g/mol. The number of benzene rings is 2. The second-order valence-electron chi connectivity index (χ2n) is 7.13. The molecule has 1 heterocycles. The van der Waals surface area contributed by atoms with E-state index < -0.39 is 0 Å². The molecule has 0 radical (unpaired) electrons. The van der Waals surface area contributed by atoms with Crippen LogP contribution in [0.5, 0.6) is 11.5 Å². The van der Waals surface area contributed by atoms with Crippen molar-refractivity contribution in [3.05, 3.63) is 59.2 Å². The van der Waals surface area contributed by atoms with Gasteiger partial charge in [0.1, 0.15) is 11.5 Å². The molecule has 0 unspecified atom stereocenters. The molecule has 6 heteroatoms. The van der Waals surface area contributed by atoms with Crippen molar-refractivity contribution in [1.82, 2.24) is 4.90 Å². The summed E-state index contributed by atoms with van der Waals surface area (Å²) >= 11 is 0. The van der Waals surface area contributed by atoms with Gasteiger partial charge in [0.25, 0.3) is 5.91 Å². The predicted octanol–water partition coefficient (Wildman–Crippen LogP) is 3.64. The quantitative estimate of drug-likeness (QED) is 0.717. The highest BCUT2D eigenvalue weighted by molar-refractivity contribution is 5.97. The van der Waals surface area contributed by atoms with Gasteiger partial charge in [0.2, 0.25) is 0 Å². The van der Waals surface area contributed by atoms with E-state index in [0.717, 1.165) is 18.4 Å². The zero-order valence-corrected chi connectivity index (χ0v) is 16.9. The number of rotatable bonds is 7.